The van der Waals surface area contributed by atoms with Gasteiger partial charge in [0.2, 0.25) is 0 Å². The molecule has 1 heterocycles. The second-order valence-corrected chi connectivity index (χ2v) is 5.19. The van der Waals surface area contributed by atoms with E-state index in [0.29, 0.717) is 6.61 Å². The van der Waals surface area contributed by atoms with Crippen molar-refractivity contribution >= 4 is 11.6 Å². The molecule has 0 unspecified atom stereocenters. The number of hydrogen-bond acceptors (Lipinski definition) is 3. The van der Waals surface area contributed by atoms with E-state index >= 15 is 0 Å². The topological polar surface area (TPSA) is 32.7 Å². The van der Waals surface area contributed by atoms with Gasteiger partial charge in [-0.25, -0.2) is 0 Å². The first kappa shape index (κ1) is 13.7. The van der Waals surface area contributed by atoms with Crippen molar-refractivity contribution in [1.82, 2.24) is 4.90 Å². The summed E-state index contributed by atoms with van der Waals surface area (Å²) in [6, 6.07) is 7.43. The first-order valence-electron chi connectivity index (χ1n) is 6.53. The predicted molar refractivity (Wildman–Crippen MR) is 73.2 cm³/mol. The fourth-order valence-corrected chi connectivity index (χ4v) is 2.37. The number of halogens is 1. The molecule has 0 bridgehead atoms. The van der Waals surface area contributed by atoms with Crippen LogP contribution in [0.25, 0.3) is 0 Å². The van der Waals surface area contributed by atoms with Gasteiger partial charge in [-0.1, -0.05) is 11.6 Å². The van der Waals surface area contributed by atoms with E-state index in [4.69, 9.17) is 16.3 Å². The highest BCUT2D eigenvalue weighted by atomic mass is 35.5. The van der Waals surface area contributed by atoms with Crippen molar-refractivity contribution in [3.8, 4) is 5.75 Å². The lowest BCUT2D eigenvalue weighted by Crippen LogP contribution is -2.39. The van der Waals surface area contributed by atoms with Gasteiger partial charge in [0.1, 0.15) is 5.75 Å². The third-order valence-electron chi connectivity index (χ3n) is 3.18. The molecule has 1 aromatic rings. The molecule has 3 nitrogen and oxygen atoms in total. The SMILES string of the molecule is O[C@H]1CCCN(CCCOc2ccc(Cl)cc2)C1. The summed E-state index contributed by atoms with van der Waals surface area (Å²) in [5, 5.41) is 10.3. The molecule has 0 aliphatic carbocycles. The molecule has 0 aromatic heterocycles. The van der Waals surface area contributed by atoms with Gasteiger partial charge in [0.15, 0.2) is 0 Å². The molecule has 18 heavy (non-hydrogen) atoms. The third-order valence-corrected chi connectivity index (χ3v) is 3.43. The zero-order valence-electron chi connectivity index (χ0n) is 10.5. The Kier molecular flexibility index (Phi) is 5.29. The molecule has 0 radical (unpaired) electrons. The van der Waals surface area contributed by atoms with Crippen molar-refractivity contribution in [3.05, 3.63) is 29.3 Å². The predicted octanol–water partition coefficient (Wildman–Crippen LogP) is 2.57. The highest BCUT2D eigenvalue weighted by molar-refractivity contribution is 6.30. The molecular weight excluding hydrogens is 250 g/mol. The summed E-state index contributed by atoms with van der Waals surface area (Å²) in [7, 11) is 0. The van der Waals surface area contributed by atoms with E-state index in [0.717, 1.165) is 49.7 Å². The maximum Gasteiger partial charge on any atom is 0.119 e. The molecule has 1 aliphatic heterocycles. The summed E-state index contributed by atoms with van der Waals surface area (Å²) in [6.07, 6.45) is 2.88. The zero-order chi connectivity index (χ0) is 12.8. The van der Waals surface area contributed by atoms with E-state index in [-0.39, 0.29) is 6.10 Å². The maximum absolute atomic E-state index is 9.55. The summed E-state index contributed by atoms with van der Waals surface area (Å²) in [6.45, 7) is 3.60. The summed E-state index contributed by atoms with van der Waals surface area (Å²) >= 11 is 5.80. The van der Waals surface area contributed by atoms with Crippen LogP contribution in [0.15, 0.2) is 24.3 Å². The number of hydrogen-bond donors (Lipinski definition) is 1. The highest BCUT2D eigenvalue weighted by Crippen LogP contribution is 2.16. The molecule has 1 N–H and O–H groups in total. The van der Waals surface area contributed by atoms with E-state index in [1.165, 1.54) is 0 Å². The van der Waals surface area contributed by atoms with Crippen LogP contribution in [0.5, 0.6) is 5.75 Å². The minimum Gasteiger partial charge on any atom is -0.494 e. The van der Waals surface area contributed by atoms with Gasteiger partial charge in [-0.3, -0.25) is 0 Å². The lowest BCUT2D eigenvalue weighted by Gasteiger charge is -2.29. The van der Waals surface area contributed by atoms with Crippen molar-refractivity contribution in [3.63, 3.8) is 0 Å². The van der Waals surface area contributed by atoms with Crippen molar-refractivity contribution in [1.29, 1.82) is 0 Å². The lowest BCUT2D eigenvalue weighted by atomic mass is 10.1. The summed E-state index contributed by atoms with van der Waals surface area (Å²) < 4.78 is 5.63. The number of nitrogens with zero attached hydrogens (tertiary/aromatic N) is 1. The van der Waals surface area contributed by atoms with Gasteiger partial charge in [0.25, 0.3) is 0 Å². The fourth-order valence-electron chi connectivity index (χ4n) is 2.24. The summed E-state index contributed by atoms with van der Waals surface area (Å²) in [4.78, 5) is 2.30. The van der Waals surface area contributed by atoms with Crippen LogP contribution in [0, 0.1) is 0 Å². The van der Waals surface area contributed by atoms with Gasteiger partial charge in [-0.15, -0.1) is 0 Å². The normalized spacial score (nSPS) is 20.9. The Morgan fingerprint density at radius 2 is 2.11 bits per heavy atom. The average molecular weight is 270 g/mol. The Morgan fingerprint density at radius 1 is 1.33 bits per heavy atom. The Bertz CT molecular complexity index is 355. The second-order valence-electron chi connectivity index (χ2n) is 4.75. The van der Waals surface area contributed by atoms with E-state index < -0.39 is 0 Å². The minimum absolute atomic E-state index is 0.143. The molecule has 100 valence electrons. The van der Waals surface area contributed by atoms with Crippen molar-refractivity contribution in [2.45, 2.75) is 25.4 Å². The number of benzene rings is 1. The Hall–Kier alpha value is -0.770. The van der Waals surface area contributed by atoms with E-state index in [9.17, 15) is 5.11 Å². The van der Waals surface area contributed by atoms with E-state index in [1.807, 2.05) is 24.3 Å². The van der Waals surface area contributed by atoms with E-state index in [2.05, 4.69) is 4.90 Å². The number of likely N-dealkylation sites (tertiary alicyclic amines) is 1. The Labute approximate surface area is 113 Å². The van der Waals surface area contributed by atoms with Crippen LogP contribution in [-0.2, 0) is 0 Å². The molecule has 1 atom stereocenters. The Balaban J connectivity index is 1.62. The number of aliphatic hydroxyl groups is 1. The number of ether oxygens (including phenoxy) is 1. The Morgan fingerprint density at radius 3 is 2.83 bits per heavy atom. The van der Waals surface area contributed by atoms with Crippen LogP contribution in [0.2, 0.25) is 5.02 Å². The van der Waals surface area contributed by atoms with Crippen molar-refractivity contribution in [2.24, 2.45) is 0 Å². The molecular formula is C14H20ClNO2. The van der Waals surface area contributed by atoms with Crippen LogP contribution in [0.3, 0.4) is 0 Å². The van der Waals surface area contributed by atoms with Crippen LogP contribution in [0.1, 0.15) is 19.3 Å². The minimum atomic E-state index is -0.143. The van der Waals surface area contributed by atoms with Gasteiger partial charge < -0.3 is 14.7 Å². The largest absolute Gasteiger partial charge is 0.494 e. The van der Waals surface area contributed by atoms with E-state index in [1.54, 1.807) is 0 Å². The number of aliphatic hydroxyl groups excluding tert-OH is 1. The average Bonchev–Trinajstić information content (AvgIpc) is 2.37. The number of piperidine rings is 1. The van der Waals surface area contributed by atoms with Crippen LogP contribution in [-0.4, -0.2) is 42.4 Å². The number of β-amino-alcohol motifs (C(OH)–C–C–N with tert-alkyl or cyclic N) is 1. The maximum atomic E-state index is 9.55. The third kappa shape index (κ3) is 4.48. The monoisotopic (exact) mass is 269 g/mol. The summed E-state index contributed by atoms with van der Waals surface area (Å²) in [5.41, 5.74) is 0. The quantitative estimate of drug-likeness (QED) is 0.834. The first-order chi connectivity index (χ1) is 8.74. The molecule has 1 aliphatic rings. The van der Waals surface area contributed by atoms with Crippen LogP contribution >= 0.6 is 11.6 Å². The molecule has 0 amide bonds. The molecule has 4 heteroatoms. The molecule has 0 spiro atoms. The zero-order valence-corrected chi connectivity index (χ0v) is 11.3. The van der Waals surface area contributed by atoms with Gasteiger partial charge in [0.05, 0.1) is 12.7 Å². The van der Waals surface area contributed by atoms with Crippen LogP contribution < -0.4 is 4.74 Å². The molecule has 1 aromatic carbocycles. The fraction of sp³-hybridized carbons (Fsp3) is 0.571. The number of rotatable bonds is 5. The first-order valence-corrected chi connectivity index (χ1v) is 6.90. The highest BCUT2D eigenvalue weighted by Gasteiger charge is 2.16. The molecule has 2 rings (SSSR count). The van der Waals surface area contributed by atoms with Crippen molar-refractivity contribution < 1.29 is 9.84 Å². The van der Waals surface area contributed by atoms with Crippen LogP contribution in [0.4, 0.5) is 0 Å². The molecule has 1 fully saturated rings. The lowest BCUT2D eigenvalue weighted by molar-refractivity contribution is 0.0679. The second kappa shape index (κ2) is 6.98. The molecule has 0 saturated carbocycles. The van der Waals surface area contributed by atoms with Gasteiger partial charge in [0, 0.05) is 18.1 Å². The smallest absolute Gasteiger partial charge is 0.119 e. The summed E-state index contributed by atoms with van der Waals surface area (Å²) in [5.74, 6) is 0.859. The van der Waals surface area contributed by atoms with Gasteiger partial charge in [-0.05, 0) is 50.1 Å². The van der Waals surface area contributed by atoms with Gasteiger partial charge in [-0.2, -0.15) is 0 Å². The van der Waals surface area contributed by atoms with Crippen molar-refractivity contribution in [2.75, 3.05) is 26.2 Å². The standard InChI is InChI=1S/C14H20ClNO2/c15-12-4-6-14(7-5-12)18-10-2-9-16-8-1-3-13(17)11-16/h4-7,13,17H,1-3,8-11H2/t13-/m0/s1. The molecule has 1 saturated heterocycles. The van der Waals surface area contributed by atoms with Gasteiger partial charge >= 0.3 is 0 Å².